The molecule has 0 saturated carbocycles. The second-order valence-electron chi connectivity index (χ2n) is 4.19. The van der Waals surface area contributed by atoms with Gasteiger partial charge in [-0.25, -0.2) is 4.79 Å². The van der Waals surface area contributed by atoms with Gasteiger partial charge in [0.1, 0.15) is 6.61 Å². The molecule has 0 aliphatic rings. The van der Waals surface area contributed by atoms with Gasteiger partial charge in [0.2, 0.25) is 0 Å². The Hall–Kier alpha value is -1.76. The van der Waals surface area contributed by atoms with Gasteiger partial charge in [-0.2, -0.15) is 13.2 Å². The van der Waals surface area contributed by atoms with Crippen LogP contribution >= 0.6 is 0 Å². The van der Waals surface area contributed by atoms with E-state index in [1.54, 1.807) is 30.3 Å². The molecule has 1 unspecified atom stereocenters. The van der Waals surface area contributed by atoms with Crippen LogP contribution in [0.3, 0.4) is 0 Å². The summed E-state index contributed by atoms with van der Waals surface area (Å²) in [5, 5.41) is 11.0. The number of hydrogen-bond donors (Lipinski definition) is 2. The van der Waals surface area contributed by atoms with Gasteiger partial charge in [0, 0.05) is 0 Å². The number of halogens is 3. The molecule has 0 aliphatic carbocycles. The maximum atomic E-state index is 12.3. The lowest BCUT2D eigenvalue weighted by Crippen LogP contribution is -2.51. The number of alkyl carbamates (subject to hydrolysis) is 1. The summed E-state index contributed by atoms with van der Waals surface area (Å²) < 4.78 is 41.6. The minimum atomic E-state index is -4.82. The molecule has 0 heterocycles. The standard InChI is InChI=1S/C12H14F3NO3/c1-11(18,12(13,14)15)8-16-10(17)19-7-9-5-3-2-4-6-9/h2-6,18H,7-8H2,1H3,(H,16,17). The molecule has 2 N–H and O–H groups in total. The second kappa shape index (κ2) is 5.92. The van der Waals surface area contributed by atoms with E-state index in [2.05, 4.69) is 0 Å². The van der Waals surface area contributed by atoms with E-state index in [0.717, 1.165) is 0 Å². The zero-order chi connectivity index (χ0) is 14.5. The first-order valence-electron chi connectivity index (χ1n) is 5.46. The van der Waals surface area contributed by atoms with Crippen molar-refractivity contribution in [2.75, 3.05) is 6.54 Å². The van der Waals surface area contributed by atoms with Crippen LogP contribution in [0.25, 0.3) is 0 Å². The predicted octanol–water partition coefficient (Wildman–Crippen LogP) is 2.23. The highest BCUT2D eigenvalue weighted by molar-refractivity contribution is 5.67. The summed E-state index contributed by atoms with van der Waals surface area (Å²) in [6.45, 7) is -0.449. The van der Waals surface area contributed by atoms with E-state index < -0.39 is 24.4 Å². The highest BCUT2D eigenvalue weighted by Gasteiger charge is 2.49. The van der Waals surface area contributed by atoms with Crippen LogP contribution in [0, 0.1) is 0 Å². The summed E-state index contributed by atoms with van der Waals surface area (Å²) in [5.41, 5.74) is -2.28. The quantitative estimate of drug-likeness (QED) is 0.887. The fourth-order valence-electron chi connectivity index (χ4n) is 1.12. The SMILES string of the molecule is CC(O)(CNC(=O)OCc1ccccc1)C(F)(F)F. The molecule has 0 radical (unpaired) electrons. The Kier molecular flexibility index (Phi) is 4.77. The molecule has 0 aliphatic heterocycles. The molecule has 1 atom stereocenters. The van der Waals surface area contributed by atoms with Crippen molar-refractivity contribution >= 4 is 6.09 Å². The number of carbonyl (C=O) groups is 1. The van der Waals surface area contributed by atoms with Gasteiger partial charge < -0.3 is 15.2 Å². The molecule has 0 bridgehead atoms. The molecular weight excluding hydrogens is 263 g/mol. The smallest absolute Gasteiger partial charge is 0.418 e. The number of alkyl halides is 3. The van der Waals surface area contributed by atoms with Crippen molar-refractivity contribution in [1.29, 1.82) is 0 Å². The average molecular weight is 277 g/mol. The van der Waals surface area contributed by atoms with Crippen molar-refractivity contribution in [3.63, 3.8) is 0 Å². The Morgan fingerprint density at radius 2 is 1.89 bits per heavy atom. The second-order valence-corrected chi connectivity index (χ2v) is 4.19. The van der Waals surface area contributed by atoms with Crippen LogP contribution in [0.1, 0.15) is 12.5 Å². The van der Waals surface area contributed by atoms with E-state index in [0.29, 0.717) is 12.5 Å². The Labute approximate surface area is 108 Å². The van der Waals surface area contributed by atoms with Gasteiger partial charge in [-0.3, -0.25) is 0 Å². The lowest BCUT2D eigenvalue weighted by atomic mass is 10.1. The Bertz CT molecular complexity index is 418. The predicted molar refractivity (Wildman–Crippen MR) is 61.3 cm³/mol. The minimum Gasteiger partial charge on any atom is -0.445 e. The third kappa shape index (κ3) is 4.78. The van der Waals surface area contributed by atoms with Crippen LogP contribution in [0.15, 0.2) is 30.3 Å². The van der Waals surface area contributed by atoms with Gasteiger partial charge in [0.25, 0.3) is 0 Å². The third-order valence-corrected chi connectivity index (χ3v) is 2.40. The van der Waals surface area contributed by atoms with Crippen LogP contribution in [-0.4, -0.2) is 29.5 Å². The van der Waals surface area contributed by atoms with E-state index in [1.165, 1.54) is 0 Å². The zero-order valence-corrected chi connectivity index (χ0v) is 10.2. The molecule has 0 saturated heterocycles. The molecule has 0 fully saturated rings. The van der Waals surface area contributed by atoms with Crippen molar-refractivity contribution < 1.29 is 27.8 Å². The highest BCUT2D eigenvalue weighted by atomic mass is 19.4. The van der Waals surface area contributed by atoms with E-state index in [4.69, 9.17) is 9.84 Å². The number of rotatable bonds is 4. The number of carbonyl (C=O) groups excluding carboxylic acids is 1. The van der Waals surface area contributed by atoms with E-state index in [9.17, 15) is 18.0 Å². The third-order valence-electron chi connectivity index (χ3n) is 2.40. The van der Waals surface area contributed by atoms with Crippen molar-refractivity contribution in [2.45, 2.75) is 25.3 Å². The molecule has 1 aromatic rings. The van der Waals surface area contributed by atoms with Gasteiger partial charge in [-0.15, -0.1) is 0 Å². The summed E-state index contributed by atoms with van der Waals surface area (Å²) in [5.74, 6) is 0. The Morgan fingerprint density at radius 3 is 2.42 bits per heavy atom. The largest absolute Gasteiger partial charge is 0.445 e. The minimum absolute atomic E-state index is 0.0547. The zero-order valence-electron chi connectivity index (χ0n) is 10.2. The van der Waals surface area contributed by atoms with Crippen molar-refractivity contribution in [2.24, 2.45) is 0 Å². The van der Waals surface area contributed by atoms with E-state index in [1.807, 2.05) is 5.32 Å². The van der Waals surface area contributed by atoms with E-state index >= 15 is 0 Å². The van der Waals surface area contributed by atoms with Crippen molar-refractivity contribution in [3.05, 3.63) is 35.9 Å². The summed E-state index contributed by atoms with van der Waals surface area (Å²) in [7, 11) is 0. The van der Waals surface area contributed by atoms with Crippen LogP contribution in [0.5, 0.6) is 0 Å². The fraction of sp³-hybridized carbons (Fsp3) is 0.417. The van der Waals surface area contributed by atoms with Crippen molar-refractivity contribution in [1.82, 2.24) is 5.32 Å². The molecular formula is C12H14F3NO3. The number of hydrogen-bond acceptors (Lipinski definition) is 3. The van der Waals surface area contributed by atoms with Gasteiger partial charge in [0.15, 0.2) is 5.60 Å². The highest BCUT2D eigenvalue weighted by Crippen LogP contribution is 2.29. The molecule has 106 valence electrons. The van der Waals surface area contributed by atoms with Gasteiger partial charge in [0.05, 0.1) is 6.54 Å². The molecule has 1 rings (SSSR count). The van der Waals surface area contributed by atoms with Crippen LogP contribution in [0.4, 0.5) is 18.0 Å². The fourth-order valence-corrected chi connectivity index (χ4v) is 1.12. The van der Waals surface area contributed by atoms with Crippen LogP contribution in [-0.2, 0) is 11.3 Å². The molecule has 4 nitrogen and oxygen atoms in total. The van der Waals surface area contributed by atoms with Crippen LogP contribution in [0.2, 0.25) is 0 Å². The molecule has 0 spiro atoms. The van der Waals surface area contributed by atoms with Gasteiger partial charge >= 0.3 is 12.3 Å². The number of benzene rings is 1. The molecule has 7 heteroatoms. The topological polar surface area (TPSA) is 58.6 Å². The lowest BCUT2D eigenvalue weighted by Gasteiger charge is -2.26. The van der Waals surface area contributed by atoms with E-state index in [-0.39, 0.29) is 6.61 Å². The van der Waals surface area contributed by atoms with Gasteiger partial charge in [-0.05, 0) is 12.5 Å². The summed E-state index contributed by atoms with van der Waals surface area (Å²) in [4.78, 5) is 11.2. The number of ether oxygens (including phenoxy) is 1. The first-order valence-corrected chi connectivity index (χ1v) is 5.46. The molecule has 1 aromatic carbocycles. The lowest BCUT2D eigenvalue weighted by molar-refractivity contribution is -0.249. The molecule has 19 heavy (non-hydrogen) atoms. The Balaban J connectivity index is 2.37. The molecule has 1 amide bonds. The summed E-state index contributed by atoms with van der Waals surface area (Å²) >= 11 is 0. The first-order chi connectivity index (χ1) is 8.72. The maximum Gasteiger partial charge on any atom is 0.418 e. The summed E-state index contributed by atoms with van der Waals surface area (Å²) in [6.07, 6.45) is -5.84. The van der Waals surface area contributed by atoms with Crippen molar-refractivity contribution in [3.8, 4) is 0 Å². The summed E-state index contributed by atoms with van der Waals surface area (Å²) in [6, 6.07) is 8.68. The molecule has 0 aromatic heterocycles. The normalized spacial score (nSPS) is 14.6. The number of nitrogens with one attached hydrogen (secondary N) is 1. The maximum absolute atomic E-state index is 12.3. The number of aliphatic hydroxyl groups is 1. The average Bonchev–Trinajstić information content (AvgIpc) is 2.34. The first kappa shape index (κ1) is 15.3. The monoisotopic (exact) mass is 277 g/mol. The van der Waals surface area contributed by atoms with Gasteiger partial charge in [-0.1, -0.05) is 30.3 Å². The Morgan fingerprint density at radius 1 is 1.32 bits per heavy atom. The van der Waals surface area contributed by atoms with Crippen LogP contribution < -0.4 is 5.32 Å². The number of amides is 1.